The number of aromatic nitrogens is 1. The minimum Gasteiger partial charge on any atom is -0.367 e. The van der Waals surface area contributed by atoms with Crippen molar-refractivity contribution in [1.29, 1.82) is 0 Å². The lowest BCUT2D eigenvalue weighted by Crippen LogP contribution is -2.13. The first-order valence-electron chi connectivity index (χ1n) is 4.89. The highest BCUT2D eigenvalue weighted by Crippen LogP contribution is 2.23. The van der Waals surface area contributed by atoms with Gasteiger partial charge in [0.2, 0.25) is 0 Å². The summed E-state index contributed by atoms with van der Waals surface area (Å²) in [5.41, 5.74) is 7.71. The van der Waals surface area contributed by atoms with Gasteiger partial charge >= 0.3 is 0 Å². The third-order valence-corrected chi connectivity index (χ3v) is 2.51. The highest BCUT2D eigenvalue weighted by atomic mass is 19.1. The lowest BCUT2D eigenvalue weighted by Gasteiger charge is -2.13. The van der Waals surface area contributed by atoms with E-state index in [9.17, 15) is 4.39 Å². The molecule has 0 amide bonds. The van der Waals surface area contributed by atoms with Gasteiger partial charge in [-0.25, -0.2) is 4.39 Å². The summed E-state index contributed by atoms with van der Waals surface area (Å²) in [6, 6.07) is 8.54. The van der Waals surface area contributed by atoms with Crippen molar-refractivity contribution in [3.05, 3.63) is 59.7 Å². The SMILES string of the molecule is NCC(c1cc[nH]c1)c1cccc(F)c1. The van der Waals surface area contributed by atoms with Crippen molar-refractivity contribution in [2.45, 2.75) is 5.92 Å². The van der Waals surface area contributed by atoms with E-state index in [2.05, 4.69) is 4.98 Å². The fourth-order valence-corrected chi connectivity index (χ4v) is 1.74. The van der Waals surface area contributed by atoms with E-state index in [1.807, 2.05) is 24.5 Å². The maximum Gasteiger partial charge on any atom is 0.123 e. The number of rotatable bonds is 3. The second-order valence-electron chi connectivity index (χ2n) is 3.49. The molecule has 0 aliphatic carbocycles. The van der Waals surface area contributed by atoms with E-state index < -0.39 is 0 Å². The van der Waals surface area contributed by atoms with Crippen molar-refractivity contribution in [3.63, 3.8) is 0 Å². The van der Waals surface area contributed by atoms with Crippen LogP contribution in [-0.2, 0) is 0 Å². The predicted molar refractivity (Wildman–Crippen MR) is 58.1 cm³/mol. The van der Waals surface area contributed by atoms with Crippen LogP contribution in [-0.4, -0.2) is 11.5 Å². The van der Waals surface area contributed by atoms with E-state index >= 15 is 0 Å². The highest BCUT2D eigenvalue weighted by molar-refractivity contribution is 5.31. The minimum atomic E-state index is -0.221. The summed E-state index contributed by atoms with van der Waals surface area (Å²) in [5, 5.41) is 0. The van der Waals surface area contributed by atoms with Crippen molar-refractivity contribution in [3.8, 4) is 0 Å². The number of H-pyrrole nitrogens is 1. The van der Waals surface area contributed by atoms with Gasteiger partial charge in [-0.2, -0.15) is 0 Å². The largest absolute Gasteiger partial charge is 0.367 e. The molecule has 0 aliphatic heterocycles. The van der Waals surface area contributed by atoms with Gasteiger partial charge in [0.25, 0.3) is 0 Å². The number of benzene rings is 1. The number of hydrogen-bond donors (Lipinski definition) is 2. The Hall–Kier alpha value is -1.61. The first-order valence-corrected chi connectivity index (χ1v) is 4.89. The summed E-state index contributed by atoms with van der Waals surface area (Å²) in [7, 11) is 0. The molecule has 3 heteroatoms. The maximum atomic E-state index is 13.1. The van der Waals surface area contributed by atoms with Crippen LogP contribution in [0.5, 0.6) is 0 Å². The first-order chi connectivity index (χ1) is 7.31. The van der Waals surface area contributed by atoms with Gasteiger partial charge in [-0.05, 0) is 29.3 Å². The van der Waals surface area contributed by atoms with Crippen LogP contribution >= 0.6 is 0 Å². The van der Waals surface area contributed by atoms with Gasteiger partial charge in [0.05, 0.1) is 0 Å². The van der Waals surface area contributed by atoms with Crippen LogP contribution in [0.2, 0.25) is 0 Å². The van der Waals surface area contributed by atoms with Crippen LogP contribution in [0, 0.1) is 5.82 Å². The van der Waals surface area contributed by atoms with Crippen LogP contribution < -0.4 is 5.73 Å². The van der Waals surface area contributed by atoms with Gasteiger partial charge in [-0.15, -0.1) is 0 Å². The lowest BCUT2D eigenvalue weighted by molar-refractivity contribution is 0.623. The Balaban J connectivity index is 2.35. The molecule has 0 radical (unpaired) electrons. The van der Waals surface area contributed by atoms with Crippen LogP contribution in [0.3, 0.4) is 0 Å². The van der Waals surface area contributed by atoms with E-state index in [0.29, 0.717) is 6.54 Å². The summed E-state index contributed by atoms with van der Waals surface area (Å²) >= 11 is 0. The molecule has 1 aromatic carbocycles. The van der Waals surface area contributed by atoms with E-state index in [0.717, 1.165) is 11.1 Å². The van der Waals surface area contributed by atoms with Gasteiger partial charge in [0.1, 0.15) is 5.82 Å². The zero-order valence-electron chi connectivity index (χ0n) is 8.28. The first kappa shape index (κ1) is 9.93. The fraction of sp³-hybridized carbons (Fsp3) is 0.167. The van der Waals surface area contributed by atoms with Crippen molar-refractivity contribution in [2.75, 3.05) is 6.54 Å². The molecule has 15 heavy (non-hydrogen) atoms. The van der Waals surface area contributed by atoms with Gasteiger partial charge < -0.3 is 10.7 Å². The summed E-state index contributed by atoms with van der Waals surface area (Å²) < 4.78 is 13.1. The van der Waals surface area contributed by atoms with Crippen molar-refractivity contribution >= 4 is 0 Å². The van der Waals surface area contributed by atoms with Crippen LogP contribution in [0.15, 0.2) is 42.7 Å². The molecular weight excluding hydrogens is 191 g/mol. The Morgan fingerprint density at radius 2 is 2.13 bits per heavy atom. The topological polar surface area (TPSA) is 41.8 Å². The van der Waals surface area contributed by atoms with Gasteiger partial charge in [-0.3, -0.25) is 0 Å². The lowest BCUT2D eigenvalue weighted by atomic mass is 9.93. The standard InChI is InChI=1S/C12H13FN2/c13-11-3-1-2-9(6-11)12(7-14)10-4-5-15-8-10/h1-6,8,12,15H,7,14H2. The number of hydrogen-bond acceptors (Lipinski definition) is 1. The van der Waals surface area contributed by atoms with Crippen LogP contribution in [0.4, 0.5) is 4.39 Å². The average molecular weight is 204 g/mol. The molecule has 78 valence electrons. The average Bonchev–Trinajstić information content (AvgIpc) is 2.72. The summed E-state index contributed by atoms with van der Waals surface area (Å²) in [6.45, 7) is 0.474. The fourth-order valence-electron chi connectivity index (χ4n) is 1.74. The Morgan fingerprint density at radius 1 is 1.27 bits per heavy atom. The molecule has 0 spiro atoms. The third-order valence-electron chi connectivity index (χ3n) is 2.51. The molecule has 0 fully saturated rings. The highest BCUT2D eigenvalue weighted by Gasteiger charge is 2.12. The molecule has 2 rings (SSSR count). The molecule has 0 saturated carbocycles. The van der Waals surface area contributed by atoms with E-state index in [1.165, 1.54) is 12.1 Å². The Kier molecular flexibility index (Phi) is 2.83. The van der Waals surface area contributed by atoms with Gasteiger partial charge in [-0.1, -0.05) is 12.1 Å². The number of nitrogens with one attached hydrogen (secondary N) is 1. The zero-order chi connectivity index (χ0) is 10.7. The molecule has 2 aromatic rings. The number of aromatic amines is 1. The maximum absolute atomic E-state index is 13.1. The molecule has 2 nitrogen and oxygen atoms in total. The second-order valence-corrected chi connectivity index (χ2v) is 3.49. The second kappa shape index (κ2) is 4.28. The smallest absolute Gasteiger partial charge is 0.123 e. The molecule has 1 unspecified atom stereocenters. The van der Waals surface area contributed by atoms with Crippen molar-refractivity contribution in [2.24, 2.45) is 5.73 Å². The molecule has 0 saturated heterocycles. The molecule has 3 N–H and O–H groups in total. The van der Waals surface area contributed by atoms with Crippen LogP contribution in [0.25, 0.3) is 0 Å². The van der Waals surface area contributed by atoms with E-state index in [1.54, 1.807) is 6.07 Å². The summed E-state index contributed by atoms with van der Waals surface area (Å²) in [4.78, 5) is 2.98. The Bertz CT molecular complexity index is 423. The molecule has 0 bridgehead atoms. The van der Waals surface area contributed by atoms with E-state index in [4.69, 9.17) is 5.73 Å². The van der Waals surface area contributed by atoms with Crippen molar-refractivity contribution < 1.29 is 4.39 Å². The third kappa shape index (κ3) is 2.07. The van der Waals surface area contributed by atoms with E-state index in [-0.39, 0.29) is 11.7 Å². The molecule has 1 atom stereocenters. The van der Waals surface area contributed by atoms with Crippen LogP contribution in [0.1, 0.15) is 17.0 Å². The summed E-state index contributed by atoms with van der Waals surface area (Å²) in [6.07, 6.45) is 3.74. The molecular formula is C12H13FN2. The monoisotopic (exact) mass is 204 g/mol. The Labute approximate surface area is 87.9 Å². The zero-order valence-corrected chi connectivity index (χ0v) is 8.28. The number of halogens is 1. The predicted octanol–water partition coefficient (Wildman–Crippen LogP) is 2.24. The molecule has 1 heterocycles. The normalized spacial score (nSPS) is 12.7. The molecule has 1 aromatic heterocycles. The van der Waals surface area contributed by atoms with Gasteiger partial charge in [0.15, 0.2) is 0 Å². The Morgan fingerprint density at radius 3 is 2.73 bits per heavy atom. The summed E-state index contributed by atoms with van der Waals surface area (Å²) in [5.74, 6) is -0.159. The minimum absolute atomic E-state index is 0.0620. The number of nitrogens with two attached hydrogens (primary N) is 1. The van der Waals surface area contributed by atoms with Crippen molar-refractivity contribution in [1.82, 2.24) is 4.98 Å². The quantitative estimate of drug-likeness (QED) is 0.791. The molecule has 0 aliphatic rings. The van der Waals surface area contributed by atoms with Gasteiger partial charge in [0, 0.05) is 24.9 Å².